The van der Waals surface area contributed by atoms with Crippen molar-refractivity contribution < 1.29 is 4.79 Å². The van der Waals surface area contributed by atoms with Crippen LogP contribution in [0.5, 0.6) is 0 Å². The Morgan fingerprint density at radius 2 is 1.80 bits per heavy atom. The Balaban J connectivity index is 2.23. The van der Waals surface area contributed by atoms with Crippen molar-refractivity contribution in [2.45, 2.75) is 20.3 Å². The standard InChI is InChI=1S/C17H18BrNO/c1-12-9-13(2)17(15(18)10-12)19(3)16(20)11-14-7-5-4-6-8-14/h4-10H,11H2,1-3H3. The molecule has 0 aromatic heterocycles. The first-order chi connectivity index (χ1) is 9.49. The van der Waals surface area contributed by atoms with Crippen LogP contribution >= 0.6 is 15.9 Å². The van der Waals surface area contributed by atoms with Crippen molar-refractivity contribution in [1.29, 1.82) is 0 Å². The number of anilines is 1. The lowest BCUT2D eigenvalue weighted by molar-refractivity contribution is -0.117. The molecule has 0 spiro atoms. The first kappa shape index (κ1) is 14.8. The molecule has 0 radical (unpaired) electrons. The van der Waals surface area contributed by atoms with Gasteiger partial charge in [-0.05, 0) is 52.5 Å². The van der Waals surface area contributed by atoms with Gasteiger partial charge in [-0.2, -0.15) is 0 Å². The van der Waals surface area contributed by atoms with Crippen LogP contribution < -0.4 is 4.90 Å². The van der Waals surface area contributed by atoms with Crippen LogP contribution in [0, 0.1) is 13.8 Å². The second-order valence-electron chi connectivity index (χ2n) is 5.03. The first-order valence-corrected chi connectivity index (χ1v) is 7.35. The zero-order chi connectivity index (χ0) is 14.7. The minimum Gasteiger partial charge on any atom is -0.314 e. The Hall–Kier alpha value is -1.61. The van der Waals surface area contributed by atoms with Crippen LogP contribution in [0.1, 0.15) is 16.7 Å². The van der Waals surface area contributed by atoms with Crippen molar-refractivity contribution in [3.63, 3.8) is 0 Å². The topological polar surface area (TPSA) is 20.3 Å². The van der Waals surface area contributed by atoms with Gasteiger partial charge in [-0.1, -0.05) is 36.4 Å². The average Bonchev–Trinajstić information content (AvgIpc) is 2.38. The highest BCUT2D eigenvalue weighted by molar-refractivity contribution is 9.10. The van der Waals surface area contributed by atoms with Crippen molar-refractivity contribution >= 4 is 27.5 Å². The summed E-state index contributed by atoms with van der Waals surface area (Å²) in [4.78, 5) is 14.1. The monoisotopic (exact) mass is 331 g/mol. The molecule has 2 aromatic carbocycles. The molecule has 2 rings (SSSR count). The number of benzene rings is 2. The summed E-state index contributed by atoms with van der Waals surface area (Å²) in [5, 5.41) is 0. The van der Waals surface area contributed by atoms with Gasteiger partial charge >= 0.3 is 0 Å². The Bertz CT molecular complexity index is 599. The third-order valence-electron chi connectivity index (χ3n) is 3.31. The van der Waals surface area contributed by atoms with E-state index in [0.29, 0.717) is 6.42 Å². The summed E-state index contributed by atoms with van der Waals surface area (Å²) in [5.74, 6) is 0.0869. The van der Waals surface area contributed by atoms with Gasteiger partial charge in [0.1, 0.15) is 0 Å². The van der Waals surface area contributed by atoms with Crippen LogP contribution in [-0.2, 0) is 11.2 Å². The molecule has 0 heterocycles. The number of halogens is 1. The minimum atomic E-state index is 0.0869. The summed E-state index contributed by atoms with van der Waals surface area (Å²) < 4.78 is 0.957. The molecule has 3 heteroatoms. The van der Waals surface area contributed by atoms with E-state index >= 15 is 0 Å². The number of carbonyl (C=O) groups is 1. The van der Waals surface area contributed by atoms with E-state index < -0.39 is 0 Å². The van der Waals surface area contributed by atoms with E-state index in [0.717, 1.165) is 21.3 Å². The molecule has 1 amide bonds. The minimum absolute atomic E-state index is 0.0869. The van der Waals surface area contributed by atoms with E-state index in [1.807, 2.05) is 57.3 Å². The largest absolute Gasteiger partial charge is 0.314 e. The van der Waals surface area contributed by atoms with Crippen molar-refractivity contribution in [2.24, 2.45) is 0 Å². The van der Waals surface area contributed by atoms with Crippen LogP contribution in [0.2, 0.25) is 0 Å². The van der Waals surface area contributed by atoms with Gasteiger partial charge < -0.3 is 4.90 Å². The first-order valence-electron chi connectivity index (χ1n) is 6.56. The number of amides is 1. The maximum Gasteiger partial charge on any atom is 0.231 e. The Morgan fingerprint density at radius 3 is 2.40 bits per heavy atom. The number of hydrogen-bond acceptors (Lipinski definition) is 1. The number of aryl methyl sites for hydroxylation is 2. The van der Waals surface area contributed by atoms with Crippen molar-refractivity contribution in [3.8, 4) is 0 Å². The van der Waals surface area contributed by atoms with Gasteiger partial charge in [0.15, 0.2) is 0 Å². The number of likely N-dealkylation sites (N-methyl/N-ethyl adjacent to an activating group) is 1. The fraction of sp³-hybridized carbons (Fsp3) is 0.235. The van der Waals surface area contributed by atoms with E-state index in [-0.39, 0.29) is 5.91 Å². The molecule has 20 heavy (non-hydrogen) atoms. The van der Waals surface area contributed by atoms with E-state index in [4.69, 9.17) is 0 Å². The SMILES string of the molecule is Cc1cc(C)c(N(C)C(=O)Cc2ccccc2)c(Br)c1. The third kappa shape index (κ3) is 3.28. The van der Waals surface area contributed by atoms with Crippen LogP contribution in [-0.4, -0.2) is 13.0 Å². The summed E-state index contributed by atoms with van der Waals surface area (Å²) in [7, 11) is 1.83. The average molecular weight is 332 g/mol. The van der Waals surface area contributed by atoms with Gasteiger partial charge in [-0.15, -0.1) is 0 Å². The highest BCUT2D eigenvalue weighted by Crippen LogP contribution is 2.31. The fourth-order valence-electron chi connectivity index (χ4n) is 2.35. The van der Waals surface area contributed by atoms with Gasteiger partial charge in [0.05, 0.1) is 12.1 Å². The van der Waals surface area contributed by atoms with Gasteiger partial charge in [-0.25, -0.2) is 0 Å². The second kappa shape index (κ2) is 6.23. The Morgan fingerprint density at radius 1 is 1.15 bits per heavy atom. The molecule has 0 saturated heterocycles. The normalized spacial score (nSPS) is 10.4. The molecule has 0 N–H and O–H groups in total. The smallest absolute Gasteiger partial charge is 0.231 e. The quantitative estimate of drug-likeness (QED) is 0.822. The molecule has 0 aliphatic heterocycles. The molecular formula is C17H18BrNO. The highest BCUT2D eigenvalue weighted by Gasteiger charge is 2.16. The molecule has 2 nitrogen and oxygen atoms in total. The van der Waals surface area contributed by atoms with Crippen molar-refractivity contribution in [2.75, 3.05) is 11.9 Å². The highest BCUT2D eigenvalue weighted by atomic mass is 79.9. The fourth-order valence-corrected chi connectivity index (χ4v) is 3.29. The molecule has 0 bridgehead atoms. The zero-order valence-electron chi connectivity index (χ0n) is 12.0. The van der Waals surface area contributed by atoms with E-state index in [2.05, 4.69) is 22.0 Å². The third-order valence-corrected chi connectivity index (χ3v) is 3.91. The van der Waals surface area contributed by atoms with Crippen molar-refractivity contribution in [1.82, 2.24) is 0 Å². The van der Waals surface area contributed by atoms with E-state index in [1.165, 1.54) is 5.56 Å². The van der Waals surface area contributed by atoms with E-state index in [1.54, 1.807) is 4.90 Å². The lowest BCUT2D eigenvalue weighted by atomic mass is 10.1. The summed E-state index contributed by atoms with van der Waals surface area (Å²) in [6.45, 7) is 4.08. The van der Waals surface area contributed by atoms with Gasteiger partial charge in [-0.3, -0.25) is 4.79 Å². The molecule has 0 saturated carbocycles. The summed E-state index contributed by atoms with van der Waals surface area (Å²) in [6.07, 6.45) is 0.414. The number of carbonyl (C=O) groups excluding carboxylic acids is 1. The maximum absolute atomic E-state index is 12.4. The molecule has 104 valence electrons. The number of hydrogen-bond donors (Lipinski definition) is 0. The summed E-state index contributed by atoms with van der Waals surface area (Å²) >= 11 is 3.56. The molecule has 0 fully saturated rings. The Labute approximate surface area is 128 Å². The van der Waals surface area contributed by atoms with Gasteiger partial charge in [0.25, 0.3) is 0 Å². The summed E-state index contributed by atoms with van der Waals surface area (Å²) in [6, 6.07) is 13.9. The van der Waals surface area contributed by atoms with Gasteiger partial charge in [0.2, 0.25) is 5.91 Å². The maximum atomic E-state index is 12.4. The summed E-state index contributed by atoms with van der Waals surface area (Å²) in [5.41, 5.74) is 4.25. The molecule has 0 unspecified atom stereocenters. The number of rotatable bonds is 3. The molecule has 2 aromatic rings. The van der Waals surface area contributed by atoms with Crippen LogP contribution in [0.4, 0.5) is 5.69 Å². The van der Waals surface area contributed by atoms with E-state index in [9.17, 15) is 4.79 Å². The lowest BCUT2D eigenvalue weighted by Crippen LogP contribution is -2.28. The predicted molar refractivity (Wildman–Crippen MR) is 87.2 cm³/mol. The lowest BCUT2D eigenvalue weighted by Gasteiger charge is -2.22. The van der Waals surface area contributed by atoms with Crippen LogP contribution in [0.15, 0.2) is 46.9 Å². The second-order valence-corrected chi connectivity index (χ2v) is 5.88. The molecular weight excluding hydrogens is 314 g/mol. The molecule has 0 aliphatic rings. The zero-order valence-corrected chi connectivity index (χ0v) is 13.6. The molecule has 0 atom stereocenters. The van der Waals surface area contributed by atoms with Crippen LogP contribution in [0.3, 0.4) is 0 Å². The Kier molecular flexibility index (Phi) is 4.61. The predicted octanol–water partition coefficient (Wildman–Crippen LogP) is 4.27. The number of nitrogens with zero attached hydrogens (tertiary/aromatic N) is 1. The van der Waals surface area contributed by atoms with Crippen LogP contribution in [0.25, 0.3) is 0 Å². The molecule has 0 aliphatic carbocycles. The van der Waals surface area contributed by atoms with Gasteiger partial charge in [0, 0.05) is 11.5 Å². The van der Waals surface area contributed by atoms with Crippen molar-refractivity contribution in [3.05, 3.63) is 63.6 Å².